The van der Waals surface area contributed by atoms with E-state index in [1.54, 1.807) is 6.20 Å². The smallest absolute Gasteiger partial charge is 0.257 e. The van der Waals surface area contributed by atoms with Gasteiger partial charge in [0, 0.05) is 11.6 Å². The van der Waals surface area contributed by atoms with Crippen molar-refractivity contribution in [2.75, 3.05) is 0 Å². The van der Waals surface area contributed by atoms with Crippen LogP contribution in [0, 0.1) is 13.5 Å². The fourth-order valence-electron chi connectivity index (χ4n) is 2.05. The molecule has 1 N–H and O–H groups in total. The van der Waals surface area contributed by atoms with Crippen LogP contribution in [0.4, 0.5) is 5.69 Å². The number of ether oxygens (including phenoxy) is 1. The lowest BCUT2D eigenvalue weighted by atomic mass is 10.2. The van der Waals surface area contributed by atoms with Gasteiger partial charge in [-0.15, -0.1) is 0 Å². The number of pyridine rings is 1. The molecule has 0 aliphatic rings. The maximum atomic E-state index is 7.32. The molecule has 5 heteroatoms. The summed E-state index contributed by atoms with van der Waals surface area (Å²) in [5.41, 5.74) is 2.99. The number of aryl methyl sites for hydroxylation is 1. The van der Waals surface area contributed by atoms with E-state index < -0.39 is 0 Å². The summed E-state index contributed by atoms with van der Waals surface area (Å²) in [7, 11) is 0. The second kappa shape index (κ2) is 5.02. The van der Waals surface area contributed by atoms with E-state index in [-0.39, 0.29) is 0 Å². The fraction of sp³-hybridized carbons (Fsp3) is 0.133. The van der Waals surface area contributed by atoms with Gasteiger partial charge in [-0.1, -0.05) is 30.3 Å². The number of hydrogen-bond acceptors (Lipinski definition) is 3. The number of hydrogen-bond donors (Lipinski definition) is 1. The van der Waals surface area contributed by atoms with E-state index in [1.807, 2.05) is 37.3 Å². The van der Waals surface area contributed by atoms with Gasteiger partial charge in [-0.3, -0.25) is 5.10 Å². The number of fused-ring (bicyclic) bond motifs is 1. The van der Waals surface area contributed by atoms with Gasteiger partial charge in [0.15, 0.2) is 0 Å². The van der Waals surface area contributed by atoms with E-state index in [9.17, 15) is 0 Å². The van der Waals surface area contributed by atoms with Crippen molar-refractivity contribution in [3.63, 3.8) is 0 Å². The summed E-state index contributed by atoms with van der Waals surface area (Å²) >= 11 is 0. The van der Waals surface area contributed by atoms with Crippen molar-refractivity contribution in [1.29, 1.82) is 0 Å². The number of aromatic nitrogens is 3. The Hall–Kier alpha value is -2.87. The van der Waals surface area contributed by atoms with Gasteiger partial charge < -0.3 is 4.74 Å². The number of nitrogens with one attached hydrogen (secondary N) is 1. The normalized spacial score (nSPS) is 10.4. The molecular formula is C15H12N4O. The summed E-state index contributed by atoms with van der Waals surface area (Å²) < 4.78 is 5.71. The minimum Gasteiger partial charge on any atom is -0.481 e. The summed E-state index contributed by atoms with van der Waals surface area (Å²) in [6, 6.07) is 9.80. The maximum absolute atomic E-state index is 7.32. The summed E-state index contributed by atoms with van der Waals surface area (Å²) in [5, 5.41) is 7.56. The summed E-state index contributed by atoms with van der Waals surface area (Å²) in [6.45, 7) is 9.58. The molecule has 0 saturated carbocycles. The Bertz CT molecular complexity index is 787. The molecule has 0 saturated heterocycles. The fourth-order valence-corrected chi connectivity index (χ4v) is 2.05. The summed E-state index contributed by atoms with van der Waals surface area (Å²) in [5.74, 6) is 0.357. The predicted octanol–water partition coefficient (Wildman–Crippen LogP) is 3.40. The quantitative estimate of drug-likeness (QED) is 0.738. The topological polar surface area (TPSA) is 55.2 Å². The van der Waals surface area contributed by atoms with E-state index in [1.165, 1.54) is 0 Å². The molecule has 0 amide bonds. The molecule has 0 bridgehead atoms. The zero-order valence-electron chi connectivity index (χ0n) is 10.9. The van der Waals surface area contributed by atoms with Crippen molar-refractivity contribution in [2.45, 2.75) is 13.5 Å². The van der Waals surface area contributed by atoms with Crippen LogP contribution in [0.3, 0.4) is 0 Å². The number of aromatic amines is 1. The Labute approximate surface area is 116 Å². The highest BCUT2D eigenvalue weighted by atomic mass is 16.5. The molecule has 98 valence electrons. The Balaban J connectivity index is 1.97. The van der Waals surface area contributed by atoms with Crippen molar-refractivity contribution in [1.82, 2.24) is 15.2 Å². The third kappa shape index (κ3) is 2.08. The second-order valence-electron chi connectivity index (χ2n) is 4.40. The highest BCUT2D eigenvalue weighted by Gasteiger charge is 2.14. The van der Waals surface area contributed by atoms with Gasteiger partial charge in [0.05, 0.1) is 17.8 Å². The standard InChI is InChI=1S/C15H12N4O/c1-10-13-12(8-17-19-13)14(16-2)15(18-10)20-9-11-6-4-3-5-7-11/h3-8H,9H2,1H3,(H,17,19). The number of benzene rings is 1. The third-order valence-corrected chi connectivity index (χ3v) is 3.06. The van der Waals surface area contributed by atoms with Crippen LogP contribution in [0.25, 0.3) is 15.7 Å². The van der Waals surface area contributed by atoms with Gasteiger partial charge >= 0.3 is 0 Å². The predicted molar refractivity (Wildman–Crippen MR) is 75.7 cm³/mol. The molecule has 0 fully saturated rings. The molecular weight excluding hydrogens is 252 g/mol. The van der Waals surface area contributed by atoms with Crippen molar-refractivity contribution >= 4 is 16.6 Å². The molecule has 20 heavy (non-hydrogen) atoms. The zero-order valence-corrected chi connectivity index (χ0v) is 10.9. The first-order valence-corrected chi connectivity index (χ1v) is 6.17. The largest absolute Gasteiger partial charge is 0.481 e. The molecule has 0 atom stereocenters. The number of nitrogens with zero attached hydrogens (tertiary/aromatic N) is 3. The highest BCUT2D eigenvalue weighted by Crippen LogP contribution is 2.34. The molecule has 2 aromatic heterocycles. The first-order chi connectivity index (χ1) is 9.79. The van der Waals surface area contributed by atoms with Crippen LogP contribution in [-0.4, -0.2) is 15.2 Å². The molecule has 0 spiro atoms. The van der Waals surface area contributed by atoms with Gasteiger partial charge in [-0.05, 0) is 12.5 Å². The van der Waals surface area contributed by atoms with Gasteiger partial charge in [-0.25, -0.2) is 9.83 Å². The average Bonchev–Trinajstić information content (AvgIpc) is 2.96. The Kier molecular flexibility index (Phi) is 3.05. The molecule has 0 aliphatic carbocycles. The minimum absolute atomic E-state index is 0.357. The lowest BCUT2D eigenvalue weighted by Crippen LogP contribution is -1.98. The number of rotatable bonds is 3. The van der Waals surface area contributed by atoms with Crippen LogP contribution in [0.2, 0.25) is 0 Å². The Morgan fingerprint density at radius 3 is 2.85 bits per heavy atom. The van der Waals surface area contributed by atoms with Gasteiger partial charge in [0.2, 0.25) is 5.88 Å². The molecule has 5 nitrogen and oxygen atoms in total. The molecule has 0 radical (unpaired) electrons. The van der Waals surface area contributed by atoms with Gasteiger partial charge in [-0.2, -0.15) is 5.10 Å². The van der Waals surface area contributed by atoms with Crippen molar-refractivity contribution in [2.24, 2.45) is 0 Å². The monoisotopic (exact) mass is 264 g/mol. The van der Waals surface area contributed by atoms with Gasteiger partial charge in [0.1, 0.15) is 6.61 Å². The van der Waals surface area contributed by atoms with E-state index in [0.717, 1.165) is 22.2 Å². The average molecular weight is 264 g/mol. The molecule has 3 aromatic rings. The SMILES string of the molecule is [C-]#[N+]c1c(OCc2ccccc2)nc(C)c2[nH]ncc12. The third-order valence-electron chi connectivity index (χ3n) is 3.06. The Morgan fingerprint density at radius 2 is 2.10 bits per heavy atom. The first-order valence-electron chi connectivity index (χ1n) is 6.17. The van der Waals surface area contributed by atoms with E-state index >= 15 is 0 Å². The second-order valence-corrected chi connectivity index (χ2v) is 4.40. The van der Waals surface area contributed by atoms with Crippen LogP contribution < -0.4 is 4.74 Å². The van der Waals surface area contributed by atoms with Crippen LogP contribution >= 0.6 is 0 Å². The lowest BCUT2D eigenvalue weighted by molar-refractivity contribution is 0.296. The Morgan fingerprint density at radius 1 is 1.30 bits per heavy atom. The van der Waals surface area contributed by atoms with E-state index in [0.29, 0.717) is 18.2 Å². The molecule has 0 unspecified atom stereocenters. The summed E-state index contributed by atoms with van der Waals surface area (Å²) in [6.07, 6.45) is 1.63. The van der Waals surface area contributed by atoms with E-state index in [4.69, 9.17) is 11.3 Å². The van der Waals surface area contributed by atoms with Crippen LogP contribution in [0.15, 0.2) is 36.5 Å². The minimum atomic E-state index is 0.357. The highest BCUT2D eigenvalue weighted by molar-refractivity contribution is 5.95. The molecule has 1 aromatic carbocycles. The molecule has 2 heterocycles. The van der Waals surface area contributed by atoms with Crippen molar-refractivity contribution < 1.29 is 4.74 Å². The van der Waals surface area contributed by atoms with E-state index in [2.05, 4.69) is 20.0 Å². The van der Waals surface area contributed by atoms with Crippen LogP contribution in [0.1, 0.15) is 11.3 Å². The molecule has 3 rings (SSSR count). The maximum Gasteiger partial charge on any atom is 0.257 e. The van der Waals surface area contributed by atoms with Gasteiger partial charge in [0.25, 0.3) is 5.69 Å². The van der Waals surface area contributed by atoms with Crippen molar-refractivity contribution in [3.8, 4) is 5.88 Å². The van der Waals surface area contributed by atoms with Crippen LogP contribution in [-0.2, 0) is 6.61 Å². The first kappa shape index (κ1) is 12.2. The van der Waals surface area contributed by atoms with Crippen LogP contribution in [0.5, 0.6) is 5.88 Å². The zero-order chi connectivity index (χ0) is 13.9. The number of H-pyrrole nitrogens is 1. The molecule has 0 aliphatic heterocycles. The van der Waals surface area contributed by atoms with Crippen molar-refractivity contribution in [3.05, 3.63) is 59.2 Å². The summed E-state index contributed by atoms with van der Waals surface area (Å²) in [4.78, 5) is 7.88. The lowest BCUT2D eigenvalue weighted by Gasteiger charge is -2.09.